The molecule has 0 radical (unpaired) electrons. The van der Waals surface area contributed by atoms with Gasteiger partial charge < -0.3 is 19.6 Å². The van der Waals surface area contributed by atoms with Crippen molar-refractivity contribution in [3.63, 3.8) is 0 Å². The molecular formula is C22H25F3N4O4. The van der Waals surface area contributed by atoms with Crippen LogP contribution in [0, 0.1) is 13.8 Å². The average molecular weight is 466 g/mol. The second-order valence-electron chi connectivity index (χ2n) is 8.06. The van der Waals surface area contributed by atoms with Gasteiger partial charge in [-0.05, 0) is 45.2 Å². The number of aryl methyl sites for hydroxylation is 1. The van der Waals surface area contributed by atoms with E-state index in [1.807, 2.05) is 0 Å². The van der Waals surface area contributed by atoms with Crippen molar-refractivity contribution in [3.8, 4) is 5.75 Å². The molecule has 1 saturated heterocycles. The van der Waals surface area contributed by atoms with Crippen LogP contribution in [0.2, 0.25) is 0 Å². The lowest BCUT2D eigenvalue weighted by atomic mass is 9.93. The second-order valence-corrected chi connectivity index (χ2v) is 8.06. The molecule has 11 heteroatoms. The predicted molar refractivity (Wildman–Crippen MR) is 111 cm³/mol. The van der Waals surface area contributed by atoms with E-state index < -0.39 is 18.0 Å². The van der Waals surface area contributed by atoms with E-state index >= 15 is 0 Å². The van der Waals surface area contributed by atoms with Crippen molar-refractivity contribution in [3.05, 3.63) is 46.4 Å². The predicted octanol–water partition coefficient (Wildman–Crippen LogP) is 3.77. The Bertz CT molecular complexity index is 1020. The number of halogens is 3. The van der Waals surface area contributed by atoms with Crippen molar-refractivity contribution in [1.29, 1.82) is 0 Å². The molecule has 0 unspecified atom stereocenters. The maximum atomic E-state index is 13.2. The number of nitrogens with zero attached hydrogens (tertiary/aromatic N) is 2. The van der Waals surface area contributed by atoms with Crippen molar-refractivity contribution < 1.29 is 32.3 Å². The highest BCUT2D eigenvalue weighted by Crippen LogP contribution is 2.36. The molecule has 0 spiro atoms. The van der Waals surface area contributed by atoms with Crippen molar-refractivity contribution in [2.24, 2.45) is 0 Å². The summed E-state index contributed by atoms with van der Waals surface area (Å²) in [6.45, 7) is 3.66. The average Bonchev–Trinajstić information content (AvgIpc) is 3.23. The Morgan fingerprint density at radius 1 is 1.18 bits per heavy atom. The van der Waals surface area contributed by atoms with Gasteiger partial charge in [0.25, 0.3) is 0 Å². The molecule has 4 rings (SSSR count). The molecule has 2 heterocycles. The van der Waals surface area contributed by atoms with E-state index in [0.29, 0.717) is 30.3 Å². The zero-order valence-corrected chi connectivity index (χ0v) is 18.3. The molecule has 33 heavy (non-hydrogen) atoms. The lowest BCUT2D eigenvalue weighted by Crippen LogP contribution is -2.40. The van der Waals surface area contributed by atoms with Gasteiger partial charge in [0.2, 0.25) is 5.91 Å². The maximum absolute atomic E-state index is 13.2. The van der Waals surface area contributed by atoms with Gasteiger partial charge in [-0.25, -0.2) is 15.4 Å². The van der Waals surface area contributed by atoms with Gasteiger partial charge in [0.1, 0.15) is 5.82 Å². The van der Waals surface area contributed by atoms with E-state index in [4.69, 9.17) is 14.3 Å². The summed E-state index contributed by atoms with van der Waals surface area (Å²) >= 11 is 0. The molecule has 2 N–H and O–H groups in total. The van der Waals surface area contributed by atoms with Crippen molar-refractivity contribution >= 4 is 11.7 Å². The van der Waals surface area contributed by atoms with Gasteiger partial charge in [-0.2, -0.15) is 13.2 Å². The largest absolute Gasteiger partial charge is 0.416 e. The smallest absolute Gasteiger partial charge is 0.380 e. The third-order valence-electron chi connectivity index (χ3n) is 5.64. The van der Waals surface area contributed by atoms with Crippen LogP contribution in [0.25, 0.3) is 0 Å². The number of alkyl halides is 3. The summed E-state index contributed by atoms with van der Waals surface area (Å²) in [6.07, 6.45) is -2.36. The number of rotatable bonds is 7. The van der Waals surface area contributed by atoms with Crippen LogP contribution in [0.1, 0.15) is 53.8 Å². The highest BCUT2D eigenvalue weighted by Gasteiger charge is 2.34. The first-order chi connectivity index (χ1) is 15.7. The van der Waals surface area contributed by atoms with Gasteiger partial charge in [-0.1, -0.05) is 6.07 Å². The quantitative estimate of drug-likeness (QED) is 0.600. The van der Waals surface area contributed by atoms with E-state index in [1.165, 1.54) is 19.1 Å². The zero-order chi connectivity index (χ0) is 23.6. The molecule has 1 saturated carbocycles. The zero-order valence-electron chi connectivity index (χ0n) is 18.3. The number of anilines is 1. The fourth-order valence-electron chi connectivity index (χ4n) is 3.74. The summed E-state index contributed by atoms with van der Waals surface area (Å²) in [6, 6.07) is 3.84. The highest BCUT2D eigenvalue weighted by atomic mass is 19.4. The monoisotopic (exact) mass is 466 g/mol. The van der Waals surface area contributed by atoms with E-state index in [0.717, 1.165) is 25.3 Å². The number of hydrogen-bond donors (Lipinski definition) is 2. The maximum Gasteiger partial charge on any atom is 0.416 e. The number of carbonyl (C=O) groups is 1. The molecule has 1 amide bonds. The first kappa shape index (κ1) is 23.2. The lowest BCUT2D eigenvalue weighted by Gasteiger charge is -2.26. The molecular weight excluding hydrogens is 441 g/mol. The number of ether oxygens (including phenoxy) is 2. The first-order valence-electron chi connectivity index (χ1n) is 10.7. The van der Waals surface area contributed by atoms with Gasteiger partial charge in [-0.3, -0.25) is 4.79 Å². The van der Waals surface area contributed by atoms with E-state index in [9.17, 15) is 18.0 Å². The summed E-state index contributed by atoms with van der Waals surface area (Å²) in [7, 11) is 0. The molecule has 2 fully saturated rings. The van der Waals surface area contributed by atoms with Gasteiger partial charge in [-0.15, -0.1) is 0 Å². The first-order valence-corrected chi connectivity index (χ1v) is 10.7. The SMILES string of the molecule is Cc1nc(CC(=O)NC2CCC2)c(C2OCCO2)c(NOc2cccc(C(F)(F)F)c2C)n1. The molecule has 8 nitrogen and oxygen atoms in total. The summed E-state index contributed by atoms with van der Waals surface area (Å²) < 4.78 is 51.0. The lowest BCUT2D eigenvalue weighted by molar-refractivity contribution is -0.138. The van der Waals surface area contributed by atoms with E-state index in [-0.39, 0.29) is 35.5 Å². The van der Waals surface area contributed by atoms with Crippen LogP contribution >= 0.6 is 0 Å². The molecule has 1 aromatic heterocycles. The van der Waals surface area contributed by atoms with E-state index in [2.05, 4.69) is 20.8 Å². The summed E-state index contributed by atoms with van der Waals surface area (Å²) in [5.41, 5.74) is 2.55. The topological polar surface area (TPSA) is 94.6 Å². The molecule has 1 aromatic carbocycles. The van der Waals surface area contributed by atoms with Crippen LogP contribution in [0.3, 0.4) is 0 Å². The Morgan fingerprint density at radius 2 is 1.91 bits per heavy atom. The van der Waals surface area contributed by atoms with Gasteiger partial charge in [0.15, 0.2) is 17.9 Å². The fourth-order valence-corrected chi connectivity index (χ4v) is 3.74. The molecule has 2 aromatic rings. The minimum Gasteiger partial charge on any atom is -0.380 e. The number of benzene rings is 1. The van der Waals surface area contributed by atoms with Crippen LogP contribution in [-0.2, 0) is 26.9 Å². The molecule has 0 atom stereocenters. The number of aromatic nitrogens is 2. The fraction of sp³-hybridized carbons (Fsp3) is 0.500. The number of nitrogens with one attached hydrogen (secondary N) is 2. The normalized spacial score (nSPS) is 17.0. The molecule has 0 bridgehead atoms. The Balaban J connectivity index is 1.61. The standard InChI is InChI=1S/C22H25F3N4O4/c1-12-15(22(23,24)25)7-4-8-17(12)33-29-20-19(21-31-9-10-32-21)16(26-13(2)27-20)11-18(30)28-14-5-3-6-14/h4,7-8,14,21H,3,5-6,9-11H2,1-2H3,(H,28,30)(H,26,27,29). The Kier molecular flexibility index (Phi) is 6.71. The Hall–Kier alpha value is -2.92. The van der Waals surface area contributed by atoms with Crippen LogP contribution in [0.15, 0.2) is 18.2 Å². The van der Waals surface area contributed by atoms with Crippen LogP contribution in [-0.4, -0.2) is 35.1 Å². The van der Waals surface area contributed by atoms with Crippen molar-refractivity contribution in [2.75, 3.05) is 18.7 Å². The van der Waals surface area contributed by atoms with Gasteiger partial charge in [0, 0.05) is 11.6 Å². The summed E-state index contributed by atoms with van der Waals surface area (Å²) in [5.74, 6) is 0.329. The Labute approximate surface area is 188 Å². The minimum absolute atomic E-state index is 0.00965. The van der Waals surface area contributed by atoms with Gasteiger partial charge >= 0.3 is 6.18 Å². The third-order valence-corrected chi connectivity index (χ3v) is 5.64. The van der Waals surface area contributed by atoms with Crippen LogP contribution in [0.5, 0.6) is 5.75 Å². The summed E-state index contributed by atoms with van der Waals surface area (Å²) in [5, 5.41) is 2.97. The second kappa shape index (κ2) is 9.52. The molecule has 178 valence electrons. The molecule has 2 aliphatic rings. The van der Waals surface area contributed by atoms with Crippen molar-refractivity contribution in [2.45, 2.75) is 58.0 Å². The number of amides is 1. The Morgan fingerprint density at radius 3 is 2.55 bits per heavy atom. The summed E-state index contributed by atoms with van der Waals surface area (Å²) in [4.78, 5) is 26.8. The molecule has 1 aliphatic heterocycles. The van der Waals surface area contributed by atoms with Crippen LogP contribution < -0.4 is 15.6 Å². The highest BCUT2D eigenvalue weighted by molar-refractivity contribution is 5.79. The van der Waals surface area contributed by atoms with Crippen LogP contribution in [0.4, 0.5) is 19.0 Å². The van der Waals surface area contributed by atoms with Gasteiger partial charge in [0.05, 0.1) is 36.5 Å². The third kappa shape index (κ3) is 5.36. The minimum atomic E-state index is -4.51. The van der Waals surface area contributed by atoms with Crippen molar-refractivity contribution in [1.82, 2.24) is 15.3 Å². The number of carbonyl (C=O) groups excluding carboxylic acids is 1. The number of hydrogen-bond acceptors (Lipinski definition) is 7. The molecule has 1 aliphatic carbocycles. The van der Waals surface area contributed by atoms with E-state index in [1.54, 1.807) is 6.92 Å².